The summed E-state index contributed by atoms with van der Waals surface area (Å²) in [6.45, 7) is 6.65. The third kappa shape index (κ3) is 4.61. The molecule has 1 aliphatic heterocycles. The largest absolute Gasteiger partial charge is 0.396 e. The molecule has 1 N–H and O–H groups in total. The number of aliphatic hydroxyl groups excluding tert-OH is 1. The molecule has 1 fully saturated rings. The summed E-state index contributed by atoms with van der Waals surface area (Å²) < 4.78 is 0. The Labute approximate surface area is 121 Å². The van der Waals surface area contributed by atoms with E-state index in [2.05, 4.69) is 15.9 Å². The lowest BCUT2D eigenvalue weighted by Gasteiger charge is -2.21. The predicted octanol–water partition coefficient (Wildman–Crippen LogP) is 1.45. The summed E-state index contributed by atoms with van der Waals surface area (Å²) in [5.74, 6) is 0. The van der Waals surface area contributed by atoms with E-state index in [1.807, 2.05) is 24.3 Å². The van der Waals surface area contributed by atoms with Crippen LogP contribution in [0.1, 0.15) is 24.0 Å². The monoisotopic (exact) mass is 273 g/mol. The summed E-state index contributed by atoms with van der Waals surface area (Å²) in [5, 5.41) is 17.7. The number of benzene rings is 1. The molecule has 0 aromatic heterocycles. The van der Waals surface area contributed by atoms with Gasteiger partial charge in [0, 0.05) is 32.8 Å². The molecule has 0 saturated carbocycles. The van der Waals surface area contributed by atoms with Gasteiger partial charge in [-0.15, -0.1) is 0 Å². The Morgan fingerprint density at radius 2 is 1.75 bits per heavy atom. The van der Waals surface area contributed by atoms with Gasteiger partial charge < -0.3 is 10.0 Å². The summed E-state index contributed by atoms with van der Waals surface area (Å²) in [7, 11) is 0. The van der Waals surface area contributed by atoms with Gasteiger partial charge in [-0.1, -0.05) is 12.1 Å². The van der Waals surface area contributed by atoms with Gasteiger partial charge in [0.25, 0.3) is 0 Å². The zero-order chi connectivity index (χ0) is 14.2. The molecule has 1 heterocycles. The molecule has 20 heavy (non-hydrogen) atoms. The van der Waals surface area contributed by atoms with E-state index in [-0.39, 0.29) is 6.61 Å². The molecule has 4 heteroatoms. The van der Waals surface area contributed by atoms with Gasteiger partial charge in [-0.25, -0.2) is 0 Å². The van der Waals surface area contributed by atoms with Crippen molar-refractivity contribution in [3.05, 3.63) is 35.4 Å². The highest BCUT2D eigenvalue weighted by Crippen LogP contribution is 2.10. The molecular weight excluding hydrogens is 250 g/mol. The first-order chi connectivity index (χ1) is 9.81. The van der Waals surface area contributed by atoms with Crippen molar-refractivity contribution in [1.29, 1.82) is 5.26 Å². The topological polar surface area (TPSA) is 50.5 Å². The van der Waals surface area contributed by atoms with Gasteiger partial charge in [-0.2, -0.15) is 5.26 Å². The van der Waals surface area contributed by atoms with Crippen LogP contribution in [0.15, 0.2) is 24.3 Å². The Bertz CT molecular complexity index is 438. The fraction of sp³-hybridized carbons (Fsp3) is 0.562. The van der Waals surface area contributed by atoms with Gasteiger partial charge in [-0.3, -0.25) is 4.90 Å². The molecule has 1 aliphatic rings. The Balaban J connectivity index is 1.82. The van der Waals surface area contributed by atoms with Crippen molar-refractivity contribution < 1.29 is 5.11 Å². The highest BCUT2D eigenvalue weighted by atomic mass is 16.3. The second kappa shape index (κ2) is 8.01. The molecule has 0 spiro atoms. The molecule has 2 rings (SSSR count). The average molecular weight is 273 g/mol. The first-order valence-corrected chi connectivity index (χ1v) is 7.36. The van der Waals surface area contributed by atoms with Crippen LogP contribution in [0.5, 0.6) is 0 Å². The van der Waals surface area contributed by atoms with Crippen LogP contribution in [-0.2, 0) is 6.54 Å². The molecular formula is C16H23N3O. The van der Waals surface area contributed by atoms with Gasteiger partial charge in [0.2, 0.25) is 0 Å². The molecule has 0 unspecified atom stereocenters. The van der Waals surface area contributed by atoms with Gasteiger partial charge in [-0.05, 0) is 43.6 Å². The van der Waals surface area contributed by atoms with Gasteiger partial charge in [0.05, 0.1) is 11.6 Å². The van der Waals surface area contributed by atoms with Crippen molar-refractivity contribution in [3.63, 3.8) is 0 Å². The van der Waals surface area contributed by atoms with Crippen LogP contribution < -0.4 is 0 Å². The van der Waals surface area contributed by atoms with Crippen LogP contribution in [0.3, 0.4) is 0 Å². The average Bonchev–Trinajstić information content (AvgIpc) is 2.71. The molecule has 1 aromatic rings. The first kappa shape index (κ1) is 15.0. The van der Waals surface area contributed by atoms with Crippen molar-refractivity contribution in [2.24, 2.45) is 0 Å². The predicted molar refractivity (Wildman–Crippen MR) is 79.2 cm³/mol. The summed E-state index contributed by atoms with van der Waals surface area (Å²) in [6.07, 6.45) is 2.05. The minimum Gasteiger partial charge on any atom is -0.396 e. The maximum absolute atomic E-state index is 8.90. The molecule has 0 radical (unpaired) electrons. The van der Waals surface area contributed by atoms with Crippen molar-refractivity contribution in [2.45, 2.75) is 19.4 Å². The van der Waals surface area contributed by atoms with Crippen LogP contribution in [0, 0.1) is 11.3 Å². The lowest BCUT2D eigenvalue weighted by atomic mass is 10.1. The van der Waals surface area contributed by atoms with E-state index in [1.54, 1.807) is 0 Å². The molecule has 0 amide bonds. The highest BCUT2D eigenvalue weighted by molar-refractivity contribution is 5.31. The van der Waals surface area contributed by atoms with Crippen LogP contribution in [0.2, 0.25) is 0 Å². The number of nitrogens with zero attached hydrogens (tertiary/aromatic N) is 3. The number of aliphatic hydroxyl groups is 1. The fourth-order valence-electron chi connectivity index (χ4n) is 2.64. The minimum atomic E-state index is 0.283. The van der Waals surface area contributed by atoms with E-state index < -0.39 is 0 Å². The van der Waals surface area contributed by atoms with E-state index in [9.17, 15) is 0 Å². The Morgan fingerprint density at radius 1 is 1.05 bits per heavy atom. The molecule has 108 valence electrons. The van der Waals surface area contributed by atoms with Crippen LogP contribution >= 0.6 is 0 Å². The molecule has 1 aromatic carbocycles. The summed E-state index contributed by atoms with van der Waals surface area (Å²) >= 11 is 0. The molecule has 0 aliphatic carbocycles. The van der Waals surface area contributed by atoms with Gasteiger partial charge >= 0.3 is 0 Å². The third-order valence-electron chi connectivity index (χ3n) is 3.80. The maximum Gasteiger partial charge on any atom is 0.0991 e. The van der Waals surface area contributed by atoms with E-state index >= 15 is 0 Å². The third-order valence-corrected chi connectivity index (χ3v) is 3.80. The maximum atomic E-state index is 8.90. The van der Waals surface area contributed by atoms with Gasteiger partial charge in [0.1, 0.15) is 0 Å². The van der Waals surface area contributed by atoms with E-state index in [1.165, 1.54) is 12.0 Å². The number of hydrogen-bond donors (Lipinski definition) is 1. The number of hydrogen-bond acceptors (Lipinski definition) is 4. The summed E-state index contributed by atoms with van der Waals surface area (Å²) in [5.41, 5.74) is 1.99. The van der Waals surface area contributed by atoms with Crippen LogP contribution in [0.25, 0.3) is 0 Å². The fourth-order valence-corrected chi connectivity index (χ4v) is 2.64. The molecule has 0 bridgehead atoms. The van der Waals surface area contributed by atoms with Crippen molar-refractivity contribution in [2.75, 3.05) is 39.3 Å². The van der Waals surface area contributed by atoms with Crippen molar-refractivity contribution in [1.82, 2.24) is 9.80 Å². The molecule has 4 nitrogen and oxygen atoms in total. The standard InChI is InChI=1S/C16H23N3O/c17-13-15-3-5-16(6-4-15)14-19-8-1-7-18(10-11-19)9-2-12-20/h3-6,20H,1-2,7-12,14H2. The Morgan fingerprint density at radius 3 is 2.45 bits per heavy atom. The minimum absolute atomic E-state index is 0.283. The Hall–Kier alpha value is -1.41. The van der Waals surface area contributed by atoms with Crippen molar-refractivity contribution >= 4 is 0 Å². The Kier molecular flexibility index (Phi) is 6.00. The SMILES string of the molecule is N#Cc1ccc(CN2CCCN(CCCO)CC2)cc1. The van der Waals surface area contributed by atoms with E-state index in [0.717, 1.165) is 51.3 Å². The molecule has 1 saturated heterocycles. The second-order valence-electron chi connectivity index (χ2n) is 5.36. The molecule has 0 atom stereocenters. The summed E-state index contributed by atoms with van der Waals surface area (Å²) in [6, 6.07) is 10.0. The van der Waals surface area contributed by atoms with E-state index in [4.69, 9.17) is 10.4 Å². The highest BCUT2D eigenvalue weighted by Gasteiger charge is 2.14. The zero-order valence-corrected chi connectivity index (χ0v) is 12.0. The normalized spacial score (nSPS) is 17.6. The zero-order valence-electron chi connectivity index (χ0n) is 12.0. The second-order valence-corrected chi connectivity index (χ2v) is 5.36. The van der Waals surface area contributed by atoms with Gasteiger partial charge in [0.15, 0.2) is 0 Å². The number of nitriles is 1. The van der Waals surface area contributed by atoms with Crippen LogP contribution in [0.4, 0.5) is 0 Å². The lowest BCUT2D eigenvalue weighted by molar-refractivity contribution is 0.221. The number of rotatable bonds is 5. The lowest BCUT2D eigenvalue weighted by Crippen LogP contribution is -2.31. The quantitative estimate of drug-likeness (QED) is 0.882. The van der Waals surface area contributed by atoms with Crippen molar-refractivity contribution in [3.8, 4) is 6.07 Å². The van der Waals surface area contributed by atoms with E-state index in [0.29, 0.717) is 0 Å². The van der Waals surface area contributed by atoms with Crippen LogP contribution in [-0.4, -0.2) is 54.2 Å². The smallest absolute Gasteiger partial charge is 0.0991 e. The summed E-state index contributed by atoms with van der Waals surface area (Å²) in [4.78, 5) is 4.91. The first-order valence-electron chi connectivity index (χ1n) is 7.36.